The number of hydrogen-bond donors (Lipinski definition) is 3. The maximum atomic E-state index is 12.3. The summed E-state index contributed by atoms with van der Waals surface area (Å²) in [6.07, 6.45) is 0.872. The summed E-state index contributed by atoms with van der Waals surface area (Å²) in [7, 11) is 0. The Morgan fingerprint density at radius 1 is 1.03 bits per heavy atom. The van der Waals surface area contributed by atoms with Crippen molar-refractivity contribution in [2.75, 3.05) is 13.2 Å². The predicted octanol–water partition coefficient (Wildman–Crippen LogP) is 2.81. The van der Waals surface area contributed by atoms with Crippen molar-refractivity contribution in [3.05, 3.63) is 59.2 Å². The highest BCUT2D eigenvalue weighted by Crippen LogP contribution is 2.20. The number of hydrogen-bond acceptors (Lipinski definition) is 5. The molecule has 0 spiro atoms. The van der Waals surface area contributed by atoms with Crippen LogP contribution in [0.25, 0.3) is 0 Å². The quantitative estimate of drug-likeness (QED) is 0.476. The summed E-state index contributed by atoms with van der Waals surface area (Å²) >= 11 is 5.04. The van der Waals surface area contributed by atoms with Crippen LogP contribution in [0.15, 0.2) is 42.5 Å². The molecule has 7 nitrogen and oxygen atoms in total. The van der Waals surface area contributed by atoms with E-state index in [-0.39, 0.29) is 11.7 Å². The van der Waals surface area contributed by atoms with Crippen molar-refractivity contribution in [3.63, 3.8) is 0 Å². The van der Waals surface area contributed by atoms with Crippen LogP contribution in [-0.2, 0) is 4.79 Å². The van der Waals surface area contributed by atoms with E-state index >= 15 is 0 Å². The maximum absolute atomic E-state index is 12.3. The van der Waals surface area contributed by atoms with Gasteiger partial charge in [0, 0.05) is 5.56 Å². The smallest absolute Gasteiger partial charge is 0.276 e. The average Bonchev–Trinajstić information content (AvgIpc) is 2.72. The molecule has 2 rings (SSSR count). The summed E-state index contributed by atoms with van der Waals surface area (Å²) < 4.78 is 11.0. The highest BCUT2D eigenvalue weighted by atomic mass is 32.1. The number of hydrazine groups is 1. The van der Waals surface area contributed by atoms with Crippen LogP contribution in [0.4, 0.5) is 0 Å². The number of thiocarbonyl (C=S) groups is 1. The Kier molecular flexibility index (Phi) is 8.42. The zero-order valence-electron chi connectivity index (χ0n) is 16.7. The van der Waals surface area contributed by atoms with Gasteiger partial charge in [0.1, 0.15) is 11.5 Å². The van der Waals surface area contributed by atoms with E-state index in [1.807, 2.05) is 32.9 Å². The van der Waals surface area contributed by atoms with E-state index < -0.39 is 11.8 Å². The molecule has 3 N–H and O–H groups in total. The van der Waals surface area contributed by atoms with Crippen LogP contribution in [0.3, 0.4) is 0 Å². The van der Waals surface area contributed by atoms with E-state index in [1.54, 1.807) is 30.3 Å². The third kappa shape index (κ3) is 7.08. The van der Waals surface area contributed by atoms with Crippen LogP contribution in [-0.4, -0.2) is 30.1 Å². The van der Waals surface area contributed by atoms with E-state index in [0.29, 0.717) is 23.7 Å². The second-order valence-corrected chi connectivity index (χ2v) is 6.73. The van der Waals surface area contributed by atoms with Crippen molar-refractivity contribution >= 4 is 29.1 Å². The highest BCUT2D eigenvalue weighted by molar-refractivity contribution is 7.80. The van der Waals surface area contributed by atoms with Gasteiger partial charge in [0.05, 0.1) is 6.61 Å². The molecule has 29 heavy (non-hydrogen) atoms. The van der Waals surface area contributed by atoms with Gasteiger partial charge in [-0.1, -0.05) is 25.1 Å². The van der Waals surface area contributed by atoms with Crippen LogP contribution >= 0.6 is 12.2 Å². The predicted molar refractivity (Wildman–Crippen MR) is 115 cm³/mol. The normalized spacial score (nSPS) is 10.0. The minimum atomic E-state index is -0.433. The molecule has 154 valence electrons. The van der Waals surface area contributed by atoms with Crippen LogP contribution in [0.2, 0.25) is 0 Å². The van der Waals surface area contributed by atoms with E-state index in [1.165, 1.54) is 0 Å². The molecule has 0 aromatic heterocycles. The van der Waals surface area contributed by atoms with Gasteiger partial charge in [-0.05, 0) is 67.9 Å². The van der Waals surface area contributed by atoms with Gasteiger partial charge in [0.25, 0.3) is 11.8 Å². The second kappa shape index (κ2) is 11.0. The molecule has 8 heteroatoms. The second-order valence-electron chi connectivity index (χ2n) is 6.32. The minimum Gasteiger partial charge on any atom is -0.494 e. The number of aryl methyl sites for hydroxylation is 1. The number of amides is 2. The Labute approximate surface area is 175 Å². The molecule has 0 bridgehead atoms. The Morgan fingerprint density at radius 3 is 2.55 bits per heavy atom. The first kappa shape index (κ1) is 22.2. The van der Waals surface area contributed by atoms with Crippen molar-refractivity contribution < 1.29 is 19.1 Å². The lowest BCUT2D eigenvalue weighted by Gasteiger charge is -2.13. The van der Waals surface area contributed by atoms with Gasteiger partial charge in [-0.15, -0.1) is 0 Å². The maximum Gasteiger partial charge on any atom is 0.276 e. The third-order valence-corrected chi connectivity index (χ3v) is 4.23. The summed E-state index contributed by atoms with van der Waals surface area (Å²) in [6, 6.07) is 12.4. The number of nitrogens with one attached hydrogen (secondary N) is 3. The molecule has 0 unspecified atom stereocenters. The van der Waals surface area contributed by atoms with Gasteiger partial charge in [0.2, 0.25) is 0 Å². The monoisotopic (exact) mass is 415 g/mol. The lowest BCUT2D eigenvalue weighted by atomic mass is 10.1. The zero-order valence-corrected chi connectivity index (χ0v) is 17.5. The van der Waals surface area contributed by atoms with Crippen molar-refractivity contribution in [2.45, 2.75) is 27.2 Å². The summed E-state index contributed by atoms with van der Waals surface area (Å²) in [5.41, 5.74) is 7.32. The number of rotatable bonds is 7. The lowest BCUT2D eigenvalue weighted by molar-refractivity contribution is -0.123. The van der Waals surface area contributed by atoms with Crippen molar-refractivity contribution in [1.82, 2.24) is 16.2 Å². The third-order valence-electron chi connectivity index (χ3n) is 4.03. The van der Waals surface area contributed by atoms with Gasteiger partial charge in [-0.25, -0.2) is 0 Å². The van der Waals surface area contributed by atoms with Gasteiger partial charge in [0.15, 0.2) is 11.7 Å². The molecule has 0 atom stereocenters. The number of benzene rings is 2. The highest BCUT2D eigenvalue weighted by Gasteiger charge is 2.10. The van der Waals surface area contributed by atoms with E-state index in [9.17, 15) is 9.59 Å². The fourth-order valence-electron chi connectivity index (χ4n) is 2.34. The summed E-state index contributed by atoms with van der Waals surface area (Å²) in [5, 5.41) is 2.46. The molecule has 0 radical (unpaired) electrons. The van der Waals surface area contributed by atoms with Crippen molar-refractivity contribution in [1.29, 1.82) is 0 Å². The number of ether oxygens (including phenoxy) is 2. The van der Waals surface area contributed by atoms with Crippen LogP contribution < -0.4 is 25.6 Å². The first-order valence-corrected chi connectivity index (χ1v) is 9.63. The lowest BCUT2D eigenvalue weighted by Crippen LogP contribution is -2.49. The largest absolute Gasteiger partial charge is 0.494 e. The summed E-state index contributed by atoms with van der Waals surface area (Å²) in [5.74, 6) is 0.402. The topological polar surface area (TPSA) is 88.7 Å². The van der Waals surface area contributed by atoms with Crippen LogP contribution in [0.5, 0.6) is 11.5 Å². The molecule has 2 aromatic carbocycles. The summed E-state index contributed by atoms with van der Waals surface area (Å²) in [4.78, 5) is 24.2. The molecular formula is C21H25N3O4S. The Hall–Kier alpha value is -3.13. The molecule has 0 aliphatic heterocycles. The first-order chi connectivity index (χ1) is 13.9. The number of carbonyl (C=O) groups is 2. The van der Waals surface area contributed by atoms with Crippen LogP contribution in [0, 0.1) is 13.8 Å². The van der Waals surface area contributed by atoms with Gasteiger partial charge >= 0.3 is 0 Å². The SMILES string of the molecule is CCCOc1cccc(C(=O)NC(=S)NNC(=O)COc2cccc(C)c2C)c1. The Morgan fingerprint density at radius 2 is 1.79 bits per heavy atom. The molecule has 2 amide bonds. The van der Waals surface area contributed by atoms with E-state index in [2.05, 4.69) is 16.2 Å². The van der Waals surface area contributed by atoms with Gasteiger partial charge in [-0.2, -0.15) is 0 Å². The fourth-order valence-corrected chi connectivity index (χ4v) is 2.48. The standard InChI is InChI=1S/C21H25N3O4S/c1-4-11-27-17-9-6-8-16(12-17)20(26)22-21(29)24-23-19(25)13-28-18-10-5-7-14(2)15(18)3/h5-10,12H,4,11,13H2,1-3H3,(H,23,25)(H2,22,24,26,29). The van der Waals surface area contributed by atoms with Gasteiger partial charge in [-0.3, -0.25) is 25.8 Å². The first-order valence-electron chi connectivity index (χ1n) is 9.22. The Balaban J connectivity index is 1.78. The molecular weight excluding hydrogens is 390 g/mol. The molecule has 0 aliphatic carbocycles. The van der Waals surface area contributed by atoms with Gasteiger partial charge < -0.3 is 9.47 Å². The zero-order chi connectivity index (χ0) is 21.2. The number of carbonyl (C=O) groups excluding carboxylic acids is 2. The average molecular weight is 416 g/mol. The Bertz CT molecular complexity index is 886. The molecule has 0 fully saturated rings. The minimum absolute atomic E-state index is 0.0324. The van der Waals surface area contributed by atoms with Crippen molar-refractivity contribution in [2.24, 2.45) is 0 Å². The van der Waals surface area contributed by atoms with E-state index in [0.717, 1.165) is 17.5 Å². The van der Waals surface area contributed by atoms with Crippen molar-refractivity contribution in [3.8, 4) is 11.5 Å². The van der Waals surface area contributed by atoms with Crippen LogP contribution in [0.1, 0.15) is 34.8 Å². The molecule has 0 saturated heterocycles. The molecule has 0 heterocycles. The van der Waals surface area contributed by atoms with E-state index in [4.69, 9.17) is 21.7 Å². The molecule has 2 aromatic rings. The molecule has 0 aliphatic rings. The summed E-state index contributed by atoms with van der Waals surface area (Å²) in [6.45, 7) is 6.28. The molecule has 0 saturated carbocycles. The fraction of sp³-hybridized carbons (Fsp3) is 0.286.